The molecule has 0 radical (unpaired) electrons. The molecule has 118 valence electrons. The van der Waals surface area contributed by atoms with Crippen LogP contribution in [0.5, 0.6) is 0 Å². The van der Waals surface area contributed by atoms with Crippen LogP contribution in [0.2, 0.25) is 0 Å². The quantitative estimate of drug-likeness (QED) is 0.817. The highest BCUT2D eigenvalue weighted by atomic mass is 79.9. The van der Waals surface area contributed by atoms with Crippen LogP contribution in [0.4, 0.5) is 0 Å². The third-order valence-corrected chi connectivity index (χ3v) is 5.14. The number of hydrogen-bond donors (Lipinski definition) is 1. The minimum absolute atomic E-state index is 0.0902. The van der Waals surface area contributed by atoms with Crippen LogP contribution in [0.25, 0.3) is 0 Å². The lowest BCUT2D eigenvalue weighted by molar-refractivity contribution is -0.162. The zero-order chi connectivity index (χ0) is 15.7. The molecule has 0 spiro atoms. The summed E-state index contributed by atoms with van der Waals surface area (Å²) in [7, 11) is 0. The van der Waals surface area contributed by atoms with Crippen LogP contribution < -0.4 is 0 Å². The van der Waals surface area contributed by atoms with Crippen molar-refractivity contribution in [2.45, 2.75) is 64.1 Å². The average Bonchev–Trinajstić information content (AvgIpc) is 2.72. The Morgan fingerprint density at radius 3 is 2.62 bits per heavy atom. The van der Waals surface area contributed by atoms with Crippen LogP contribution in [0.3, 0.4) is 0 Å². The zero-order valence-electron chi connectivity index (χ0n) is 12.7. The molecular formula is C15H22BrNO3S. The first-order valence-electron chi connectivity index (χ1n) is 7.22. The van der Waals surface area contributed by atoms with E-state index in [1.807, 2.05) is 20.8 Å². The molecule has 1 aliphatic rings. The van der Waals surface area contributed by atoms with E-state index in [-0.39, 0.29) is 11.9 Å². The Bertz CT molecular complexity index is 501. The lowest BCUT2D eigenvalue weighted by Crippen LogP contribution is -2.39. The minimum atomic E-state index is -0.740. The van der Waals surface area contributed by atoms with Crippen LogP contribution in [0, 0.1) is 5.92 Å². The number of nitrogens with zero attached hydrogens (tertiary/aromatic N) is 1. The van der Waals surface area contributed by atoms with Gasteiger partial charge in [-0.15, -0.1) is 11.3 Å². The van der Waals surface area contributed by atoms with Gasteiger partial charge >= 0.3 is 5.97 Å². The van der Waals surface area contributed by atoms with E-state index in [0.29, 0.717) is 32.1 Å². The fourth-order valence-electron chi connectivity index (χ4n) is 2.60. The lowest BCUT2D eigenvalue weighted by atomic mass is 9.77. The summed E-state index contributed by atoms with van der Waals surface area (Å²) in [5, 5.41) is 11.6. The van der Waals surface area contributed by atoms with E-state index in [1.54, 1.807) is 17.5 Å². The molecule has 6 heteroatoms. The monoisotopic (exact) mass is 375 g/mol. The Kier molecular flexibility index (Phi) is 5.11. The number of aliphatic hydroxyl groups is 1. The molecule has 0 aliphatic heterocycles. The van der Waals surface area contributed by atoms with Crippen molar-refractivity contribution in [1.82, 2.24) is 4.98 Å². The van der Waals surface area contributed by atoms with Gasteiger partial charge in [0.2, 0.25) is 0 Å². The Morgan fingerprint density at radius 1 is 1.52 bits per heavy atom. The molecule has 1 N–H and O–H groups in total. The number of hydrogen-bond acceptors (Lipinski definition) is 5. The number of rotatable bonds is 3. The first kappa shape index (κ1) is 16.9. The number of thiazole rings is 1. The largest absolute Gasteiger partial charge is 0.460 e. The molecule has 1 saturated carbocycles. The number of carbonyl (C=O) groups is 1. The fraction of sp³-hybridized carbons (Fsp3) is 0.733. The average molecular weight is 376 g/mol. The van der Waals surface area contributed by atoms with Crippen molar-refractivity contribution in [1.29, 1.82) is 0 Å². The van der Waals surface area contributed by atoms with Crippen LogP contribution in [-0.4, -0.2) is 27.3 Å². The van der Waals surface area contributed by atoms with E-state index in [0.717, 1.165) is 8.79 Å². The molecule has 0 saturated heterocycles. The highest BCUT2D eigenvalue weighted by molar-refractivity contribution is 9.11. The summed E-state index contributed by atoms with van der Waals surface area (Å²) in [6, 6.07) is 0. The van der Waals surface area contributed by atoms with Gasteiger partial charge < -0.3 is 9.84 Å². The van der Waals surface area contributed by atoms with Gasteiger partial charge in [0.15, 0.2) is 0 Å². The van der Waals surface area contributed by atoms with E-state index in [9.17, 15) is 9.90 Å². The van der Waals surface area contributed by atoms with Gasteiger partial charge in [0.05, 0.1) is 26.5 Å². The van der Waals surface area contributed by atoms with Crippen LogP contribution in [-0.2, 0) is 16.0 Å². The maximum atomic E-state index is 12.1. The summed E-state index contributed by atoms with van der Waals surface area (Å²) < 4.78 is 6.41. The lowest BCUT2D eigenvalue weighted by Gasteiger charge is -2.35. The second-order valence-corrected chi connectivity index (χ2v) is 9.26. The number of aromatic nitrogens is 1. The zero-order valence-corrected chi connectivity index (χ0v) is 15.1. The van der Waals surface area contributed by atoms with Gasteiger partial charge in [-0.05, 0) is 62.4 Å². The van der Waals surface area contributed by atoms with Crippen molar-refractivity contribution in [3.8, 4) is 0 Å². The first-order chi connectivity index (χ1) is 9.67. The predicted molar refractivity (Wildman–Crippen MR) is 86.3 cm³/mol. The van der Waals surface area contributed by atoms with Crippen molar-refractivity contribution in [2.75, 3.05) is 0 Å². The van der Waals surface area contributed by atoms with E-state index < -0.39 is 11.2 Å². The van der Waals surface area contributed by atoms with Gasteiger partial charge in [-0.3, -0.25) is 4.79 Å². The molecule has 1 aromatic rings. The standard InChI is InChI=1S/C15H22BrNO3S/c1-14(2,3)20-13(18)10-4-6-15(19,7-5-10)8-12-17-9-11(16)21-12/h9-10,19H,4-8H2,1-3H3/t10-,15+. The second-order valence-electron chi connectivity index (χ2n) is 6.77. The van der Waals surface area contributed by atoms with Crippen molar-refractivity contribution >= 4 is 33.2 Å². The van der Waals surface area contributed by atoms with E-state index in [1.165, 1.54) is 0 Å². The SMILES string of the molecule is CC(C)(C)OC(=O)[C@H]1CC[C@](O)(Cc2ncc(Br)s2)CC1. The van der Waals surface area contributed by atoms with Crippen molar-refractivity contribution < 1.29 is 14.6 Å². The van der Waals surface area contributed by atoms with Gasteiger partial charge in [-0.1, -0.05) is 0 Å². The maximum Gasteiger partial charge on any atom is 0.309 e. The van der Waals surface area contributed by atoms with E-state index in [4.69, 9.17) is 4.74 Å². The molecule has 0 unspecified atom stereocenters. The summed E-state index contributed by atoms with van der Waals surface area (Å²) in [5.41, 5.74) is -1.19. The topological polar surface area (TPSA) is 59.4 Å². The molecule has 21 heavy (non-hydrogen) atoms. The van der Waals surface area contributed by atoms with E-state index in [2.05, 4.69) is 20.9 Å². The third kappa shape index (κ3) is 5.04. The molecule has 0 atom stereocenters. The molecular weight excluding hydrogens is 354 g/mol. The number of ether oxygens (including phenoxy) is 1. The highest BCUT2D eigenvalue weighted by Crippen LogP contribution is 2.36. The molecule has 1 heterocycles. The number of esters is 1. The third-order valence-electron chi connectivity index (χ3n) is 3.66. The smallest absolute Gasteiger partial charge is 0.309 e. The van der Waals surface area contributed by atoms with Gasteiger partial charge in [-0.2, -0.15) is 0 Å². The fourth-order valence-corrected chi connectivity index (χ4v) is 4.04. The van der Waals surface area contributed by atoms with Gasteiger partial charge in [0, 0.05) is 6.42 Å². The van der Waals surface area contributed by atoms with Gasteiger partial charge in [0.1, 0.15) is 5.60 Å². The Balaban J connectivity index is 1.88. The Hall–Kier alpha value is -0.460. The van der Waals surface area contributed by atoms with Gasteiger partial charge in [-0.25, -0.2) is 4.98 Å². The highest BCUT2D eigenvalue weighted by Gasteiger charge is 2.38. The van der Waals surface area contributed by atoms with Crippen molar-refractivity contribution in [3.05, 3.63) is 15.0 Å². The Morgan fingerprint density at radius 2 is 2.14 bits per heavy atom. The van der Waals surface area contributed by atoms with Crippen molar-refractivity contribution in [2.24, 2.45) is 5.92 Å². The molecule has 0 aromatic carbocycles. The first-order valence-corrected chi connectivity index (χ1v) is 8.83. The second kappa shape index (κ2) is 6.34. The summed E-state index contributed by atoms with van der Waals surface area (Å²) >= 11 is 4.93. The van der Waals surface area contributed by atoms with Crippen LogP contribution in [0.1, 0.15) is 51.5 Å². The molecule has 0 amide bonds. The number of halogens is 1. The van der Waals surface area contributed by atoms with Crippen LogP contribution >= 0.6 is 27.3 Å². The summed E-state index contributed by atoms with van der Waals surface area (Å²) in [5.74, 6) is -0.228. The predicted octanol–water partition coefficient (Wildman–Crippen LogP) is 3.71. The molecule has 1 aromatic heterocycles. The molecule has 1 fully saturated rings. The molecule has 1 aliphatic carbocycles. The van der Waals surface area contributed by atoms with Crippen molar-refractivity contribution in [3.63, 3.8) is 0 Å². The van der Waals surface area contributed by atoms with Crippen LogP contribution in [0.15, 0.2) is 9.98 Å². The Labute approximate surface area is 138 Å². The normalized spacial score (nSPS) is 26.6. The maximum absolute atomic E-state index is 12.1. The molecule has 0 bridgehead atoms. The van der Waals surface area contributed by atoms with Gasteiger partial charge in [0.25, 0.3) is 0 Å². The number of carbonyl (C=O) groups excluding carboxylic acids is 1. The minimum Gasteiger partial charge on any atom is -0.460 e. The van der Waals surface area contributed by atoms with E-state index >= 15 is 0 Å². The summed E-state index contributed by atoms with van der Waals surface area (Å²) in [6.45, 7) is 5.64. The summed E-state index contributed by atoms with van der Waals surface area (Å²) in [6.07, 6.45) is 4.91. The summed E-state index contributed by atoms with van der Waals surface area (Å²) in [4.78, 5) is 16.3. The molecule has 4 nitrogen and oxygen atoms in total. The molecule has 2 rings (SSSR count).